The van der Waals surface area contributed by atoms with E-state index in [1.165, 1.54) is 22.5 Å². The maximum absolute atomic E-state index is 12.8. The van der Waals surface area contributed by atoms with E-state index in [0.717, 1.165) is 22.0 Å². The van der Waals surface area contributed by atoms with E-state index in [9.17, 15) is 4.79 Å². The van der Waals surface area contributed by atoms with Gasteiger partial charge in [0.1, 0.15) is 12.4 Å². The molecule has 0 radical (unpaired) electrons. The van der Waals surface area contributed by atoms with E-state index in [4.69, 9.17) is 4.74 Å². The first-order valence-corrected chi connectivity index (χ1v) is 11.0. The second kappa shape index (κ2) is 9.18. The Labute approximate surface area is 181 Å². The Morgan fingerprint density at radius 2 is 1.77 bits per heavy atom. The second-order valence-corrected chi connectivity index (χ2v) is 7.93. The van der Waals surface area contributed by atoms with Crippen molar-refractivity contribution in [2.75, 3.05) is 13.1 Å². The summed E-state index contributed by atoms with van der Waals surface area (Å²) in [6.45, 7) is 5.68. The summed E-state index contributed by atoms with van der Waals surface area (Å²) >= 11 is 1.43. The van der Waals surface area contributed by atoms with Gasteiger partial charge in [0.2, 0.25) is 0 Å². The van der Waals surface area contributed by atoms with Crippen LogP contribution in [0.3, 0.4) is 0 Å². The van der Waals surface area contributed by atoms with Gasteiger partial charge in [-0.1, -0.05) is 54.6 Å². The highest BCUT2D eigenvalue weighted by Crippen LogP contribution is 2.34. The fraction of sp³-hybridized carbons (Fsp3) is 0.200. The van der Waals surface area contributed by atoms with Crippen molar-refractivity contribution < 1.29 is 9.53 Å². The molecule has 4 nitrogen and oxygen atoms in total. The maximum Gasteiger partial charge on any atom is 0.266 e. The van der Waals surface area contributed by atoms with Crippen LogP contribution in [0.5, 0.6) is 5.75 Å². The van der Waals surface area contributed by atoms with Gasteiger partial charge in [-0.05, 0) is 60.2 Å². The Kier molecular flexibility index (Phi) is 6.19. The van der Waals surface area contributed by atoms with Crippen LogP contribution in [0, 0.1) is 0 Å². The Bertz CT molecular complexity index is 1140. The van der Waals surface area contributed by atoms with Crippen molar-refractivity contribution >= 4 is 39.7 Å². The molecule has 0 aromatic heterocycles. The molecule has 0 bridgehead atoms. The van der Waals surface area contributed by atoms with E-state index in [1.54, 1.807) is 4.90 Å². The third-order valence-corrected chi connectivity index (χ3v) is 5.96. The van der Waals surface area contributed by atoms with Gasteiger partial charge in [-0.25, -0.2) is 0 Å². The largest absolute Gasteiger partial charge is 0.488 e. The molecule has 152 valence electrons. The zero-order valence-corrected chi connectivity index (χ0v) is 18.0. The van der Waals surface area contributed by atoms with Crippen molar-refractivity contribution in [3.05, 3.63) is 82.8 Å². The van der Waals surface area contributed by atoms with E-state index in [0.29, 0.717) is 24.6 Å². The first-order valence-electron chi connectivity index (χ1n) is 10.1. The molecule has 5 heteroatoms. The van der Waals surface area contributed by atoms with Gasteiger partial charge in [-0.3, -0.25) is 14.7 Å². The Morgan fingerprint density at radius 3 is 2.57 bits per heavy atom. The average Bonchev–Trinajstić information content (AvgIpc) is 3.07. The smallest absolute Gasteiger partial charge is 0.266 e. The summed E-state index contributed by atoms with van der Waals surface area (Å²) in [6, 6.07) is 22.5. The number of benzene rings is 3. The molecule has 3 aromatic rings. The van der Waals surface area contributed by atoms with Gasteiger partial charge < -0.3 is 4.74 Å². The van der Waals surface area contributed by atoms with E-state index in [-0.39, 0.29) is 5.91 Å². The molecule has 0 aliphatic carbocycles. The zero-order valence-electron chi connectivity index (χ0n) is 17.2. The Morgan fingerprint density at radius 1 is 1.00 bits per heavy atom. The normalized spacial score (nSPS) is 16.7. The van der Waals surface area contributed by atoms with Crippen LogP contribution in [-0.2, 0) is 11.4 Å². The molecule has 1 amide bonds. The summed E-state index contributed by atoms with van der Waals surface area (Å²) in [4.78, 5) is 19.6. The number of rotatable bonds is 6. The number of likely N-dealkylation sites (N-methyl/N-ethyl adjacent to an activating group) is 1. The van der Waals surface area contributed by atoms with Gasteiger partial charge >= 0.3 is 0 Å². The lowest BCUT2D eigenvalue weighted by Gasteiger charge is -2.11. The average molecular weight is 417 g/mol. The first-order chi connectivity index (χ1) is 14.7. The maximum atomic E-state index is 12.8. The van der Waals surface area contributed by atoms with Crippen LogP contribution >= 0.6 is 11.8 Å². The van der Waals surface area contributed by atoms with Crippen molar-refractivity contribution in [2.24, 2.45) is 4.99 Å². The molecule has 0 N–H and O–H groups in total. The molecule has 1 saturated heterocycles. The molecule has 1 aliphatic heterocycles. The number of para-hydroxylation sites is 1. The van der Waals surface area contributed by atoms with Gasteiger partial charge in [-0.2, -0.15) is 0 Å². The van der Waals surface area contributed by atoms with Crippen LogP contribution in [0.1, 0.15) is 25.0 Å². The van der Waals surface area contributed by atoms with Crippen molar-refractivity contribution in [1.82, 2.24) is 4.90 Å². The van der Waals surface area contributed by atoms with Crippen molar-refractivity contribution in [2.45, 2.75) is 20.5 Å². The van der Waals surface area contributed by atoms with Crippen LogP contribution in [0.2, 0.25) is 0 Å². The minimum Gasteiger partial charge on any atom is -0.488 e. The van der Waals surface area contributed by atoms with Crippen molar-refractivity contribution in [3.8, 4) is 5.75 Å². The topological polar surface area (TPSA) is 41.9 Å². The lowest BCUT2D eigenvalue weighted by atomic mass is 10.1. The van der Waals surface area contributed by atoms with E-state index in [1.807, 2.05) is 56.3 Å². The molecular weight excluding hydrogens is 392 g/mol. The lowest BCUT2D eigenvalue weighted by molar-refractivity contribution is -0.122. The minimum absolute atomic E-state index is 0.000896. The monoisotopic (exact) mass is 416 g/mol. The standard InChI is InChI=1S/C25H24N2O2S/c1-3-26-25-27(4-2)24(28)23(30-25)16-21-11-7-8-12-22(21)29-17-18-13-14-19-9-5-6-10-20(19)15-18/h5-16H,3-4,17H2,1-2H3/b23-16+,26-25?. The minimum atomic E-state index is -0.000896. The summed E-state index contributed by atoms with van der Waals surface area (Å²) in [5.41, 5.74) is 2.00. The van der Waals surface area contributed by atoms with Gasteiger partial charge in [0.05, 0.1) is 4.91 Å². The molecule has 1 fully saturated rings. The lowest BCUT2D eigenvalue weighted by Crippen LogP contribution is -2.28. The number of amides is 1. The summed E-state index contributed by atoms with van der Waals surface area (Å²) in [5, 5.41) is 3.18. The van der Waals surface area contributed by atoms with Gasteiger partial charge in [0, 0.05) is 18.7 Å². The number of fused-ring (bicyclic) bond motifs is 1. The second-order valence-electron chi connectivity index (χ2n) is 6.92. The number of carbonyl (C=O) groups excluding carboxylic acids is 1. The number of aliphatic imine (C=N–C) groups is 1. The highest BCUT2D eigenvalue weighted by Gasteiger charge is 2.32. The number of hydrogen-bond acceptors (Lipinski definition) is 4. The quantitative estimate of drug-likeness (QED) is 0.482. The first kappa shape index (κ1) is 20.2. The summed E-state index contributed by atoms with van der Waals surface area (Å²) in [6.07, 6.45) is 1.91. The Hall–Kier alpha value is -3.05. The highest BCUT2D eigenvalue weighted by molar-refractivity contribution is 8.18. The highest BCUT2D eigenvalue weighted by atomic mass is 32.2. The predicted octanol–water partition coefficient (Wildman–Crippen LogP) is 5.73. The van der Waals surface area contributed by atoms with Crippen LogP contribution in [0.25, 0.3) is 16.8 Å². The molecule has 3 aromatic carbocycles. The molecule has 0 spiro atoms. The third kappa shape index (κ3) is 4.26. The van der Waals surface area contributed by atoms with Crippen LogP contribution in [0.15, 0.2) is 76.6 Å². The van der Waals surface area contributed by atoms with Crippen LogP contribution < -0.4 is 4.74 Å². The van der Waals surface area contributed by atoms with E-state index >= 15 is 0 Å². The van der Waals surface area contributed by atoms with Crippen LogP contribution in [-0.4, -0.2) is 29.1 Å². The molecule has 0 saturated carbocycles. The number of thioether (sulfide) groups is 1. The SMILES string of the molecule is CCN=C1S/C(=C/c2ccccc2OCc2ccc3ccccc3c2)C(=O)N1CC. The van der Waals surface area contributed by atoms with Gasteiger partial charge in [0.15, 0.2) is 5.17 Å². The van der Waals surface area contributed by atoms with Gasteiger partial charge in [-0.15, -0.1) is 0 Å². The van der Waals surface area contributed by atoms with E-state index in [2.05, 4.69) is 35.3 Å². The molecule has 30 heavy (non-hydrogen) atoms. The Balaban J connectivity index is 1.56. The fourth-order valence-corrected chi connectivity index (χ4v) is 4.50. The zero-order chi connectivity index (χ0) is 20.9. The molecule has 1 heterocycles. The molecule has 1 aliphatic rings. The predicted molar refractivity (Wildman–Crippen MR) is 126 cm³/mol. The summed E-state index contributed by atoms with van der Waals surface area (Å²) in [7, 11) is 0. The van der Waals surface area contributed by atoms with Gasteiger partial charge in [0.25, 0.3) is 5.91 Å². The number of ether oxygens (including phenoxy) is 1. The number of carbonyl (C=O) groups is 1. The molecule has 0 atom stereocenters. The van der Waals surface area contributed by atoms with Crippen molar-refractivity contribution in [1.29, 1.82) is 0 Å². The fourth-order valence-electron chi connectivity index (χ4n) is 3.40. The van der Waals surface area contributed by atoms with Crippen molar-refractivity contribution in [3.63, 3.8) is 0 Å². The van der Waals surface area contributed by atoms with E-state index < -0.39 is 0 Å². The number of hydrogen-bond donors (Lipinski definition) is 0. The molecule has 4 rings (SSSR count). The number of nitrogens with zero attached hydrogens (tertiary/aromatic N) is 2. The summed E-state index contributed by atoms with van der Waals surface area (Å²) < 4.78 is 6.14. The molecular formula is C25H24N2O2S. The third-order valence-electron chi connectivity index (χ3n) is 4.91. The van der Waals surface area contributed by atoms with Crippen LogP contribution in [0.4, 0.5) is 0 Å². The number of amidine groups is 1. The molecule has 0 unspecified atom stereocenters. The summed E-state index contributed by atoms with van der Waals surface area (Å²) in [5.74, 6) is 0.759.